The number of carbonyl (C=O) groups is 1. The van der Waals surface area contributed by atoms with Gasteiger partial charge in [-0.3, -0.25) is 14.9 Å². The topological polar surface area (TPSA) is 81.5 Å². The Labute approximate surface area is 118 Å². The molecule has 0 saturated carbocycles. The number of benzene rings is 1. The summed E-state index contributed by atoms with van der Waals surface area (Å²) >= 11 is 0. The number of nitro benzene ring substituents is 1. The van der Waals surface area contributed by atoms with Crippen LogP contribution in [0.2, 0.25) is 0 Å². The standard InChI is InChI=1S/C14H20N2O4/c1-2-3-4-5-9-15-14(17)11-20-13-8-6-7-12(10-13)16(18)19/h6-8,10H,2-5,9,11H2,1H3,(H,15,17). The Morgan fingerprint density at radius 3 is 2.85 bits per heavy atom. The van der Waals surface area contributed by atoms with Crippen LogP contribution in [0.5, 0.6) is 5.75 Å². The number of nitro groups is 1. The third-order valence-electron chi connectivity index (χ3n) is 2.75. The van der Waals surface area contributed by atoms with E-state index in [4.69, 9.17) is 4.74 Å². The molecule has 1 aromatic carbocycles. The minimum absolute atomic E-state index is 0.0533. The SMILES string of the molecule is CCCCCCNC(=O)COc1cccc([N+](=O)[O-])c1. The molecular weight excluding hydrogens is 260 g/mol. The van der Waals surface area contributed by atoms with Crippen molar-refractivity contribution in [2.45, 2.75) is 32.6 Å². The summed E-state index contributed by atoms with van der Waals surface area (Å²) in [5.41, 5.74) is -0.0533. The third-order valence-corrected chi connectivity index (χ3v) is 2.75. The molecule has 20 heavy (non-hydrogen) atoms. The monoisotopic (exact) mass is 280 g/mol. The second-order valence-electron chi connectivity index (χ2n) is 4.45. The van der Waals surface area contributed by atoms with Crippen LogP contribution >= 0.6 is 0 Å². The van der Waals surface area contributed by atoms with E-state index < -0.39 is 4.92 Å². The molecule has 0 saturated heterocycles. The summed E-state index contributed by atoms with van der Waals surface area (Å²) in [6, 6.07) is 5.78. The van der Waals surface area contributed by atoms with Gasteiger partial charge >= 0.3 is 0 Å². The van der Waals surface area contributed by atoms with Crippen LogP contribution < -0.4 is 10.1 Å². The van der Waals surface area contributed by atoms with Gasteiger partial charge in [0.25, 0.3) is 11.6 Å². The minimum Gasteiger partial charge on any atom is -0.484 e. The molecule has 6 heteroatoms. The van der Waals surface area contributed by atoms with E-state index >= 15 is 0 Å². The van der Waals surface area contributed by atoms with Crippen molar-refractivity contribution in [2.75, 3.05) is 13.2 Å². The number of carbonyl (C=O) groups excluding carboxylic acids is 1. The van der Waals surface area contributed by atoms with Crippen LogP contribution in [-0.4, -0.2) is 24.0 Å². The molecule has 0 heterocycles. The van der Waals surface area contributed by atoms with Gasteiger partial charge in [0.05, 0.1) is 11.0 Å². The fourth-order valence-electron chi connectivity index (χ4n) is 1.67. The number of unbranched alkanes of at least 4 members (excludes halogenated alkanes) is 3. The Hall–Kier alpha value is -2.11. The number of amides is 1. The molecule has 0 aromatic heterocycles. The molecule has 0 radical (unpaired) electrons. The summed E-state index contributed by atoms with van der Waals surface area (Å²) < 4.78 is 5.22. The Bertz CT molecular complexity index is 449. The molecule has 6 nitrogen and oxygen atoms in total. The van der Waals surface area contributed by atoms with Crippen molar-refractivity contribution in [3.8, 4) is 5.75 Å². The Morgan fingerprint density at radius 1 is 1.35 bits per heavy atom. The molecule has 0 aliphatic carbocycles. The van der Waals surface area contributed by atoms with Gasteiger partial charge in [-0.15, -0.1) is 0 Å². The van der Waals surface area contributed by atoms with Gasteiger partial charge in [0.1, 0.15) is 5.75 Å². The van der Waals surface area contributed by atoms with Crippen molar-refractivity contribution in [2.24, 2.45) is 0 Å². The number of non-ortho nitro benzene ring substituents is 1. The van der Waals surface area contributed by atoms with E-state index in [-0.39, 0.29) is 18.2 Å². The molecule has 110 valence electrons. The molecule has 1 amide bonds. The third kappa shape index (κ3) is 6.17. The van der Waals surface area contributed by atoms with Crippen LogP contribution in [0.25, 0.3) is 0 Å². The van der Waals surface area contributed by atoms with E-state index in [9.17, 15) is 14.9 Å². The van der Waals surface area contributed by atoms with Crippen molar-refractivity contribution < 1.29 is 14.5 Å². The van der Waals surface area contributed by atoms with E-state index in [1.165, 1.54) is 24.6 Å². The lowest BCUT2D eigenvalue weighted by Gasteiger charge is -2.07. The van der Waals surface area contributed by atoms with Gasteiger partial charge in [-0.2, -0.15) is 0 Å². The number of ether oxygens (including phenoxy) is 1. The molecule has 1 aromatic rings. The number of rotatable bonds is 9. The summed E-state index contributed by atoms with van der Waals surface area (Å²) in [6.45, 7) is 2.64. The first-order valence-corrected chi connectivity index (χ1v) is 6.77. The fourth-order valence-corrected chi connectivity index (χ4v) is 1.67. The lowest BCUT2D eigenvalue weighted by Crippen LogP contribution is -2.29. The molecule has 0 atom stereocenters. The van der Waals surface area contributed by atoms with Gasteiger partial charge in [-0.1, -0.05) is 32.3 Å². The zero-order valence-corrected chi connectivity index (χ0v) is 11.6. The second kappa shape index (κ2) is 8.90. The zero-order chi connectivity index (χ0) is 14.8. The smallest absolute Gasteiger partial charge is 0.273 e. The van der Waals surface area contributed by atoms with Crippen LogP contribution in [0, 0.1) is 10.1 Å². The van der Waals surface area contributed by atoms with Crippen LogP contribution in [-0.2, 0) is 4.79 Å². The molecular formula is C14H20N2O4. The molecule has 1 N–H and O–H groups in total. The maximum atomic E-state index is 11.5. The molecule has 1 rings (SSSR count). The Balaban J connectivity index is 2.27. The summed E-state index contributed by atoms with van der Waals surface area (Å²) in [5, 5.41) is 13.3. The maximum absolute atomic E-state index is 11.5. The van der Waals surface area contributed by atoms with Crippen LogP contribution in [0.4, 0.5) is 5.69 Å². The summed E-state index contributed by atoms with van der Waals surface area (Å²) in [4.78, 5) is 21.6. The second-order valence-corrected chi connectivity index (χ2v) is 4.45. The lowest BCUT2D eigenvalue weighted by molar-refractivity contribution is -0.384. The fraction of sp³-hybridized carbons (Fsp3) is 0.500. The van der Waals surface area contributed by atoms with Crippen molar-refractivity contribution >= 4 is 11.6 Å². The maximum Gasteiger partial charge on any atom is 0.273 e. The Morgan fingerprint density at radius 2 is 2.15 bits per heavy atom. The highest BCUT2D eigenvalue weighted by Gasteiger charge is 2.07. The summed E-state index contributed by atoms with van der Waals surface area (Å²) in [5.74, 6) is 0.105. The van der Waals surface area contributed by atoms with E-state index in [0.29, 0.717) is 12.3 Å². The molecule has 0 fully saturated rings. The zero-order valence-electron chi connectivity index (χ0n) is 11.6. The number of hydrogen-bond donors (Lipinski definition) is 1. The van der Waals surface area contributed by atoms with Crippen molar-refractivity contribution in [3.05, 3.63) is 34.4 Å². The van der Waals surface area contributed by atoms with Gasteiger partial charge in [0.2, 0.25) is 0 Å². The van der Waals surface area contributed by atoms with E-state index in [2.05, 4.69) is 12.2 Å². The quantitative estimate of drug-likeness (QED) is 0.428. The average molecular weight is 280 g/mol. The molecule has 0 aliphatic rings. The van der Waals surface area contributed by atoms with Crippen LogP contribution in [0.3, 0.4) is 0 Å². The minimum atomic E-state index is -0.499. The number of nitrogens with zero attached hydrogens (tertiary/aromatic N) is 1. The van der Waals surface area contributed by atoms with Gasteiger partial charge in [0.15, 0.2) is 6.61 Å². The highest BCUT2D eigenvalue weighted by Crippen LogP contribution is 2.18. The van der Waals surface area contributed by atoms with Gasteiger partial charge < -0.3 is 10.1 Å². The average Bonchev–Trinajstić information content (AvgIpc) is 2.45. The molecule has 0 aliphatic heterocycles. The molecule has 0 unspecified atom stereocenters. The van der Waals surface area contributed by atoms with Crippen molar-refractivity contribution in [3.63, 3.8) is 0 Å². The first kappa shape index (κ1) is 15.9. The first-order valence-electron chi connectivity index (χ1n) is 6.77. The number of hydrogen-bond acceptors (Lipinski definition) is 4. The largest absolute Gasteiger partial charge is 0.484 e. The molecule has 0 bridgehead atoms. The van der Waals surface area contributed by atoms with E-state index in [1.807, 2.05) is 0 Å². The Kier molecular flexibility index (Phi) is 7.10. The van der Waals surface area contributed by atoms with Crippen molar-refractivity contribution in [1.82, 2.24) is 5.32 Å². The van der Waals surface area contributed by atoms with Gasteiger partial charge in [-0.05, 0) is 12.5 Å². The lowest BCUT2D eigenvalue weighted by atomic mass is 10.2. The van der Waals surface area contributed by atoms with E-state index in [1.54, 1.807) is 6.07 Å². The summed E-state index contributed by atoms with van der Waals surface area (Å²) in [7, 11) is 0. The highest BCUT2D eigenvalue weighted by atomic mass is 16.6. The number of nitrogens with one attached hydrogen (secondary N) is 1. The predicted octanol–water partition coefficient (Wildman–Crippen LogP) is 2.67. The van der Waals surface area contributed by atoms with Crippen molar-refractivity contribution in [1.29, 1.82) is 0 Å². The van der Waals surface area contributed by atoms with Gasteiger partial charge in [0, 0.05) is 12.6 Å². The van der Waals surface area contributed by atoms with Crippen LogP contribution in [0.15, 0.2) is 24.3 Å². The predicted molar refractivity (Wildman–Crippen MR) is 75.7 cm³/mol. The normalized spacial score (nSPS) is 10.1. The van der Waals surface area contributed by atoms with Crippen LogP contribution in [0.1, 0.15) is 32.6 Å². The first-order chi connectivity index (χ1) is 9.63. The highest BCUT2D eigenvalue weighted by molar-refractivity contribution is 5.77. The van der Waals surface area contributed by atoms with E-state index in [0.717, 1.165) is 19.3 Å². The summed E-state index contributed by atoms with van der Waals surface area (Å²) in [6.07, 6.45) is 4.38. The molecule has 0 spiro atoms. The van der Waals surface area contributed by atoms with Gasteiger partial charge in [-0.25, -0.2) is 0 Å².